The highest BCUT2D eigenvalue weighted by Crippen LogP contribution is 2.35. The number of hydrogen-bond donors (Lipinski definition) is 1. The van der Waals surface area contributed by atoms with Crippen LogP contribution in [0.5, 0.6) is 11.5 Å². The van der Waals surface area contributed by atoms with Crippen LogP contribution in [0.2, 0.25) is 5.02 Å². The molecule has 41 heavy (non-hydrogen) atoms. The van der Waals surface area contributed by atoms with Gasteiger partial charge in [0.1, 0.15) is 32.1 Å². The van der Waals surface area contributed by atoms with Crippen molar-refractivity contribution in [3.63, 3.8) is 0 Å². The maximum Gasteiger partial charge on any atom is 0.285 e. The Morgan fingerprint density at radius 1 is 0.927 bits per heavy atom. The normalized spacial score (nSPS) is 11.3. The summed E-state index contributed by atoms with van der Waals surface area (Å²) in [5, 5.41) is 6.39. The molecule has 0 amide bonds. The van der Waals surface area contributed by atoms with Gasteiger partial charge in [-0.2, -0.15) is 9.13 Å². The van der Waals surface area contributed by atoms with Crippen molar-refractivity contribution in [2.45, 2.75) is 12.8 Å². The number of aryl methyl sites for hydroxylation is 3. The minimum Gasteiger partial charge on any atom is -0.493 e. The summed E-state index contributed by atoms with van der Waals surface area (Å²) < 4.78 is 29.9. The van der Waals surface area contributed by atoms with E-state index in [0.717, 1.165) is 18.2 Å². The predicted octanol–water partition coefficient (Wildman–Crippen LogP) is 6.14. The molecule has 3 aromatic carbocycles. The van der Waals surface area contributed by atoms with Gasteiger partial charge < -0.3 is 14.8 Å². The Morgan fingerprint density at radius 2 is 1.73 bits per heavy atom. The van der Waals surface area contributed by atoms with Crippen molar-refractivity contribution in [2.75, 3.05) is 19.0 Å². The van der Waals surface area contributed by atoms with Crippen molar-refractivity contribution < 1.29 is 23.0 Å². The fourth-order valence-electron chi connectivity index (χ4n) is 5.23. The van der Waals surface area contributed by atoms with Gasteiger partial charge in [0, 0.05) is 35.7 Å². The standard InChI is InChI=1S/C32H29ClFN5O2/c1-38-14-4-6-20-8-9-21-10-12-23(39(2)31(21)30(20)38)7-5-15-41-29-17-24-27(18-28(29)40-3)35-19-36-32(24)37-22-11-13-26(34)25(33)16-22/h4,6,8-14,16-19H,5,7,15H2,1-3H3,(H,35,36,37)/q+2. The molecule has 3 aromatic heterocycles. The summed E-state index contributed by atoms with van der Waals surface area (Å²) in [7, 11) is 5.81. The fourth-order valence-corrected chi connectivity index (χ4v) is 5.41. The van der Waals surface area contributed by atoms with Crippen molar-refractivity contribution in [1.29, 1.82) is 0 Å². The van der Waals surface area contributed by atoms with Gasteiger partial charge in [-0.25, -0.2) is 14.4 Å². The summed E-state index contributed by atoms with van der Waals surface area (Å²) in [5.74, 6) is 1.25. The first-order valence-corrected chi connectivity index (χ1v) is 13.7. The average Bonchev–Trinajstić information content (AvgIpc) is 2.98. The summed E-state index contributed by atoms with van der Waals surface area (Å²) in [6.07, 6.45) is 5.20. The number of benzene rings is 3. The molecule has 0 aliphatic carbocycles. The second kappa shape index (κ2) is 11.1. The Labute approximate surface area is 241 Å². The lowest BCUT2D eigenvalue weighted by molar-refractivity contribution is -0.668. The van der Waals surface area contributed by atoms with Crippen LogP contribution in [0.3, 0.4) is 0 Å². The van der Waals surface area contributed by atoms with E-state index in [1.807, 2.05) is 12.1 Å². The zero-order valence-electron chi connectivity index (χ0n) is 23.0. The first-order chi connectivity index (χ1) is 19.9. The molecule has 0 radical (unpaired) electrons. The lowest BCUT2D eigenvalue weighted by Gasteiger charge is -2.14. The molecule has 0 bridgehead atoms. The Kier molecular flexibility index (Phi) is 7.24. The van der Waals surface area contributed by atoms with E-state index in [2.05, 4.69) is 81.1 Å². The zero-order valence-corrected chi connectivity index (χ0v) is 23.7. The monoisotopic (exact) mass is 569 g/mol. The smallest absolute Gasteiger partial charge is 0.285 e. The van der Waals surface area contributed by atoms with Crippen molar-refractivity contribution in [3.8, 4) is 11.5 Å². The van der Waals surface area contributed by atoms with E-state index in [4.69, 9.17) is 21.1 Å². The number of halogens is 2. The Hall–Kier alpha value is -4.56. The van der Waals surface area contributed by atoms with Crippen LogP contribution in [0, 0.1) is 5.82 Å². The summed E-state index contributed by atoms with van der Waals surface area (Å²) in [6, 6.07) is 21.0. The third kappa shape index (κ3) is 5.18. The highest BCUT2D eigenvalue weighted by Gasteiger charge is 2.21. The molecule has 6 aromatic rings. The molecule has 7 nitrogen and oxygen atoms in total. The Morgan fingerprint density at radius 3 is 2.54 bits per heavy atom. The predicted molar refractivity (Wildman–Crippen MR) is 158 cm³/mol. The molecule has 1 N–H and O–H groups in total. The van der Waals surface area contributed by atoms with Crippen LogP contribution >= 0.6 is 11.6 Å². The molecule has 0 saturated carbocycles. The van der Waals surface area contributed by atoms with Crippen LogP contribution in [0.25, 0.3) is 32.7 Å². The molecule has 6 rings (SSSR count). The lowest BCUT2D eigenvalue weighted by Crippen LogP contribution is -2.38. The first kappa shape index (κ1) is 26.7. The van der Waals surface area contributed by atoms with Gasteiger partial charge in [-0.15, -0.1) is 0 Å². The third-order valence-electron chi connectivity index (χ3n) is 7.31. The van der Waals surface area contributed by atoms with E-state index in [0.29, 0.717) is 35.1 Å². The number of nitrogens with zero attached hydrogens (tertiary/aromatic N) is 4. The number of methoxy groups -OCH3 is 1. The van der Waals surface area contributed by atoms with Crippen molar-refractivity contribution in [1.82, 2.24) is 9.97 Å². The number of pyridine rings is 2. The highest BCUT2D eigenvalue weighted by molar-refractivity contribution is 6.31. The summed E-state index contributed by atoms with van der Waals surface area (Å²) in [4.78, 5) is 8.78. The van der Waals surface area contributed by atoms with Gasteiger partial charge in [0.2, 0.25) is 0 Å². The van der Waals surface area contributed by atoms with E-state index in [-0.39, 0.29) is 5.02 Å². The zero-order chi connectivity index (χ0) is 28.5. The maximum atomic E-state index is 13.6. The van der Waals surface area contributed by atoms with Gasteiger partial charge >= 0.3 is 0 Å². The molecule has 0 atom stereocenters. The molecule has 206 valence electrons. The van der Waals surface area contributed by atoms with E-state index < -0.39 is 5.82 Å². The van der Waals surface area contributed by atoms with E-state index in [9.17, 15) is 4.39 Å². The van der Waals surface area contributed by atoms with Crippen molar-refractivity contribution in [2.24, 2.45) is 14.1 Å². The van der Waals surface area contributed by atoms with Crippen LogP contribution in [0.1, 0.15) is 12.1 Å². The highest BCUT2D eigenvalue weighted by atomic mass is 35.5. The van der Waals surface area contributed by atoms with Gasteiger partial charge in [-0.05, 0) is 55.0 Å². The van der Waals surface area contributed by atoms with Gasteiger partial charge in [0.25, 0.3) is 11.0 Å². The van der Waals surface area contributed by atoms with Gasteiger partial charge in [0.05, 0.1) is 35.0 Å². The topological polar surface area (TPSA) is 64.0 Å². The molecular formula is C32H29ClFN5O2+2. The number of nitrogens with one attached hydrogen (secondary N) is 1. The quantitative estimate of drug-likeness (QED) is 0.135. The molecule has 0 fully saturated rings. The van der Waals surface area contributed by atoms with E-state index in [1.165, 1.54) is 46.0 Å². The van der Waals surface area contributed by atoms with Gasteiger partial charge in [0.15, 0.2) is 23.4 Å². The average molecular weight is 570 g/mol. The van der Waals surface area contributed by atoms with Crippen molar-refractivity contribution in [3.05, 3.63) is 95.8 Å². The van der Waals surface area contributed by atoms with Crippen LogP contribution in [-0.4, -0.2) is 23.7 Å². The first-order valence-electron chi connectivity index (χ1n) is 13.3. The second-order valence-electron chi connectivity index (χ2n) is 9.89. The molecule has 0 unspecified atom stereocenters. The molecule has 0 spiro atoms. The molecule has 0 aliphatic heterocycles. The van der Waals surface area contributed by atoms with Crippen LogP contribution in [-0.2, 0) is 20.5 Å². The summed E-state index contributed by atoms with van der Waals surface area (Å²) >= 11 is 5.96. The van der Waals surface area contributed by atoms with E-state index in [1.54, 1.807) is 13.2 Å². The summed E-state index contributed by atoms with van der Waals surface area (Å²) in [5.41, 5.74) is 4.94. The molecule has 0 saturated heterocycles. The SMILES string of the molecule is COc1cc2ncnc(Nc3ccc(F)c(Cl)c3)c2cc1OCCCc1ccc2ccc3ccc[n+](C)c3c2[n+]1C. The van der Waals surface area contributed by atoms with Gasteiger partial charge in [-0.3, -0.25) is 0 Å². The number of rotatable bonds is 8. The number of ether oxygens (including phenoxy) is 2. The van der Waals surface area contributed by atoms with Gasteiger partial charge in [-0.1, -0.05) is 11.6 Å². The number of hydrogen-bond acceptors (Lipinski definition) is 5. The lowest BCUT2D eigenvalue weighted by atomic mass is 10.1. The van der Waals surface area contributed by atoms with Crippen molar-refractivity contribution >= 4 is 55.8 Å². The minimum atomic E-state index is -0.482. The minimum absolute atomic E-state index is 0.0287. The molecule has 9 heteroatoms. The number of anilines is 2. The van der Waals surface area contributed by atoms with Crippen LogP contribution < -0.4 is 23.9 Å². The maximum absolute atomic E-state index is 13.6. The fraction of sp³-hybridized carbons (Fsp3) is 0.188. The third-order valence-corrected chi connectivity index (χ3v) is 7.60. The number of fused-ring (bicyclic) bond motifs is 4. The van der Waals surface area contributed by atoms with Crippen LogP contribution in [0.4, 0.5) is 15.9 Å². The summed E-state index contributed by atoms with van der Waals surface area (Å²) in [6.45, 7) is 0.493. The number of aromatic nitrogens is 4. The molecule has 0 aliphatic rings. The molecule has 3 heterocycles. The Bertz CT molecular complexity index is 1930. The molecular weight excluding hydrogens is 541 g/mol. The second-order valence-corrected chi connectivity index (χ2v) is 10.3. The van der Waals surface area contributed by atoms with E-state index >= 15 is 0 Å². The van der Waals surface area contributed by atoms with Crippen LogP contribution in [0.15, 0.2) is 79.3 Å². The Balaban J connectivity index is 1.22. The largest absolute Gasteiger partial charge is 0.493 e.